The Hall–Kier alpha value is -3.30. The topological polar surface area (TPSA) is 298 Å². The first-order valence-electron chi connectivity index (χ1n) is 13.2. The molecule has 3 saturated heterocycles. The highest BCUT2D eigenvalue weighted by Gasteiger charge is 2.53. The minimum atomic E-state index is -5.12. The van der Waals surface area contributed by atoms with Gasteiger partial charge in [-0.3, -0.25) is 37.4 Å². The van der Waals surface area contributed by atoms with Gasteiger partial charge in [0.2, 0.25) is 0 Å². The zero-order chi connectivity index (χ0) is 31.8. The number of aliphatic hydroxyl groups excluding tert-OH is 2. The fraction of sp³-hybridized carbons (Fsp3) is 0.455. The van der Waals surface area contributed by atoms with Gasteiger partial charge in [0.25, 0.3) is 5.56 Å². The molecular formula is C22H25N7O14P2. The maximum atomic E-state index is 13.2. The number of nitrogens with zero attached hydrogens (tertiary/aromatic N) is 4. The summed E-state index contributed by atoms with van der Waals surface area (Å²) in [5, 5.41) is 22.7. The number of phosphoric acid groups is 2. The fourth-order valence-corrected chi connectivity index (χ4v) is 7.44. The van der Waals surface area contributed by atoms with Crippen LogP contribution in [0.3, 0.4) is 0 Å². The lowest BCUT2D eigenvalue weighted by Gasteiger charge is -2.25. The third kappa shape index (κ3) is 5.35. The zero-order valence-corrected chi connectivity index (χ0v) is 24.3. The van der Waals surface area contributed by atoms with E-state index in [0.717, 1.165) is 10.9 Å². The van der Waals surface area contributed by atoms with Gasteiger partial charge in [0.1, 0.15) is 47.9 Å². The monoisotopic (exact) mass is 673 g/mol. The highest BCUT2D eigenvalue weighted by atomic mass is 31.2. The van der Waals surface area contributed by atoms with E-state index in [9.17, 15) is 38.7 Å². The van der Waals surface area contributed by atoms with Crippen LogP contribution in [0.1, 0.15) is 12.5 Å². The Morgan fingerprint density at radius 1 is 0.889 bits per heavy atom. The summed E-state index contributed by atoms with van der Waals surface area (Å²) in [5.41, 5.74) is 4.52. The first-order valence-corrected chi connectivity index (χ1v) is 16.2. The third-order valence-electron chi connectivity index (χ3n) is 7.60. The summed E-state index contributed by atoms with van der Waals surface area (Å²) in [6.07, 6.45) is -8.61. The van der Waals surface area contributed by atoms with Gasteiger partial charge in [-0.15, -0.1) is 0 Å². The number of aromatic amines is 2. The number of imidazole rings is 1. The van der Waals surface area contributed by atoms with Crippen LogP contribution in [-0.4, -0.2) is 98.9 Å². The number of anilines is 1. The van der Waals surface area contributed by atoms with E-state index in [-0.39, 0.29) is 11.2 Å². The van der Waals surface area contributed by atoms with Crippen molar-refractivity contribution in [3.63, 3.8) is 0 Å². The molecule has 21 nitrogen and oxygen atoms in total. The molecule has 242 valence electrons. The van der Waals surface area contributed by atoms with Crippen molar-refractivity contribution in [1.29, 1.82) is 0 Å². The number of aromatic nitrogens is 6. The van der Waals surface area contributed by atoms with Crippen molar-refractivity contribution < 1.29 is 56.7 Å². The van der Waals surface area contributed by atoms with Gasteiger partial charge >= 0.3 is 21.3 Å². The maximum Gasteiger partial charge on any atom is 0.472 e. The van der Waals surface area contributed by atoms with E-state index >= 15 is 0 Å². The SMILES string of the molecule is Nc1ccnc2c1ccn2[C@@H]1O[C@@H]2COP(=O)(O)O[C@@H]3[C@H](O)[C@@H](COP(=O)(O)O[C@H]2[C@H]1O)O[C@H]3n1cnc2c(=O)[nH]c(=O)[nH]c21. The van der Waals surface area contributed by atoms with E-state index in [0.29, 0.717) is 16.7 Å². The van der Waals surface area contributed by atoms with Crippen molar-refractivity contribution in [2.24, 2.45) is 0 Å². The van der Waals surface area contributed by atoms with Gasteiger partial charge in [-0.25, -0.2) is 23.9 Å². The van der Waals surface area contributed by atoms with E-state index in [1.54, 1.807) is 12.1 Å². The molecule has 4 aromatic rings. The predicted molar refractivity (Wildman–Crippen MR) is 146 cm³/mol. The molecule has 8 N–H and O–H groups in total. The summed E-state index contributed by atoms with van der Waals surface area (Å²) < 4.78 is 61.1. The number of hydrogen-bond donors (Lipinski definition) is 7. The molecule has 2 unspecified atom stereocenters. The highest BCUT2D eigenvalue weighted by Crippen LogP contribution is 2.53. The number of hydrogen-bond acceptors (Lipinski definition) is 15. The van der Waals surface area contributed by atoms with Gasteiger partial charge in [-0.2, -0.15) is 0 Å². The van der Waals surface area contributed by atoms with E-state index in [4.69, 9.17) is 33.3 Å². The van der Waals surface area contributed by atoms with Crippen LogP contribution in [-0.2, 0) is 36.7 Å². The van der Waals surface area contributed by atoms with Crippen LogP contribution in [0.2, 0.25) is 0 Å². The predicted octanol–water partition coefficient (Wildman–Crippen LogP) is -1.42. The van der Waals surface area contributed by atoms with Crippen LogP contribution in [0.25, 0.3) is 22.2 Å². The van der Waals surface area contributed by atoms with E-state index in [1.165, 1.54) is 17.0 Å². The summed E-state index contributed by atoms with van der Waals surface area (Å²) in [7, 11) is -10.2. The van der Waals surface area contributed by atoms with Crippen molar-refractivity contribution in [2.75, 3.05) is 18.9 Å². The molecule has 4 aromatic heterocycles. The Bertz CT molecular complexity index is 1990. The molecule has 0 amide bonds. The van der Waals surface area contributed by atoms with Crippen LogP contribution < -0.4 is 17.0 Å². The summed E-state index contributed by atoms with van der Waals surface area (Å²) in [5.74, 6) is 0. The lowest BCUT2D eigenvalue weighted by Crippen LogP contribution is -2.36. The van der Waals surface area contributed by atoms with Crippen molar-refractivity contribution in [1.82, 2.24) is 29.1 Å². The van der Waals surface area contributed by atoms with Gasteiger partial charge in [-0.1, -0.05) is 0 Å². The molecule has 0 spiro atoms. The van der Waals surface area contributed by atoms with Crippen LogP contribution in [0, 0.1) is 0 Å². The summed E-state index contributed by atoms with van der Waals surface area (Å²) >= 11 is 0. The minimum Gasteiger partial charge on any atom is -0.398 e. The summed E-state index contributed by atoms with van der Waals surface area (Å²) in [6, 6.07) is 3.18. The van der Waals surface area contributed by atoms with Crippen LogP contribution in [0.4, 0.5) is 5.69 Å². The molecule has 3 aliphatic rings. The normalized spacial score (nSPS) is 37.7. The maximum absolute atomic E-state index is 13.2. The lowest BCUT2D eigenvalue weighted by atomic mass is 10.1. The zero-order valence-electron chi connectivity index (χ0n) is 22.6. The van der Waals surface area contributed by atoms with E-state index in [1.807, 2.05) is 4.98 Å². The van der Waals surface area contributed by atoms with Gasteiger partial charge in [-0.05, 0) is 12.1 Å². The van der Waals surface area contributed by atoms with E-state index < -0.39 is 89.2 Å². The Kier molecular flexibility index (Phi) is 7.36. The molecule has 2 bridgehead atoms. The van der Waals surface area contributed by atoms with Crippen molar-refractivity contribution in [3.05, 3.63) is 51.7 Å². The number of H-pyrrole nitrogens is 2. The smallest absolute Gasteiger partial charge is 0.398 e. The van der Waals surface area contributed by atoms with Crippen molar-refractivity contribution >= 4 is 43.5 Å². The molecular weight excluding hydrogens is 648 g/mol. The molecule has 3 fully saturated rings. The second-order valence-electron chi connectivity index (χ2n) is 10.4. The standard InChI is InChI=1S/C22H25N7O14P2/c23-9-1-3-24-17-8(9)2-4-28(17)20-14(31)15-11(41-20)6-39-45(36,37)43-16-13(30)10(5-38-44(34,35)42-15)40-21(16)29-7-25-12-18(29)26-22(33)27-19(12)32/h1-4,7,10-11,13-16,20-21,30-31H,5-6H2,(H2,23,24)(H,34,35)(H,36,37)(H2,26,27,32,33)/t10-,11-,13-,14-,15-,16-,20-,21-/m1/s1. The number of aliphatic hydroxyl groups is 2. The first kappa shape index (κ1) is 30.4. The number of fused-ring (bicyclic) bond motifs is 5. The van der Waals surface area contributed by atoms with Crippen LogP contribution >= 0.6 is 15.6 Å². The van der Waals surface area contributed by atoms with Crippen molar-refractivity contribution in [3.8, 4) is 0 Å². The Morgan fingerprint density at radius 3 is 2.33 bits per heavy atom. The molecule has 0 aliphatic carbocycles. The second kappa shape index (κ2) is 10.9. The van der Waals surface area contributed by atoms with Gasteiger partial charge in [0.15, 0.2) is 18.0 Å². The number of phosphoric ester groups is 2. The second-order valence-corrected chi connectivity index (χ2v) is 13.2. The molecule has 0 aromatic carbocycles. The number of rotatable bonds is 2. The Morgan fingerprint density at radius 2 is 1.58 bits per heavy atom. The number of ether oxygens (including phenoxy) is 2. The molecule has 45 heavy (non-hydrogen) atoms. The Balaban J connectivity index is 1.21. The first-order chi connectivity index (χ1) is 21.3. The molecule has 0 radical (unpaired) electrons. The van der Waals surface area contributed by atoms with Gasteiger partial charge in [0, 0.05) is 23.5 Å². The molecule has 23 heteroatoms. The van der Waals surface area contributed by atoms with Gasteiger partial charge in [0.05, 0.1) is 19.5 Å². The van der Waals surface area contributed by atoms with Crippen molar-refractivity contribution in [2.45, 2.75) is 49.1 Å². The number of pyridine rings is 1. The molecule has 3 aliphatic heterocycles. The fourth-order valence-electron chi connectivity index (χ4n) is 5.54. The highest BCUT2D eigenvalue weighted by molar-refractivity contribution is 7.47. The number of nitrogen functional groups attached to an aromatic ring is 1. The lowest BCUT2D eigenvalue weighted by molar-refractivity contribution is -0.0671. The van der Waals surface area contributed by atoms with Gasteiger partial charge < -0.3 is 39.8 Å². The third-order valence-corrected chi connectivity index (χ3v) is 9.57. The van der Waals surface area contributed by atoms with E-state index in [2.05, 4.69) is 15.0 Å². The summed E-state index contributed by atoms with van der Waals surface area (Å²) in [4.78, 5) is 57.9. The Labute approximate surface area is 249 Å². The summed E-state index contributed by atoms with van der Waals surface area (Å²) in [6.45, 7) is -1.65. The number of nitrogens with two attached hydrogens (primary N) is 1. The molecule has 7 heterocycles. The molecule has 0 saturated carbocycles. The van der Waals surface area contributed by atoms with Crippen LogP contribution in [0.5, 0.6) is 0 Å². The molecule has 7 rings (SSSR count). The minimum absolute atomic E-state index is 0.182. The average Bonchev–Trinajstić information content (AvgIpc) is 3.72. The number of nitrogens with one attached hydrogen (secondary N) is 2. The molecule has 10 atom stereocenters. The van der Waals surface area contributed by atoms with Crippen LogP contribution in [0.15, 0.2) is 40.4 Å². The quantitative estimate of drug-likeness (QED) is 0.120. The largest absolute Gasteiger partial charge is 0.472 e. The average molecular weight is 673 g/mol.